The molecule has 0 aromatic rings. The van der Waals surface area contributed by atoms with E-state index in [4.69, 9.17) is 14.2 Å². The molecule has 4 fully saturated rings. The lowest BCUT2D eigenvalue weighted by atomic mass is 9.43. The summed E-state index contributed by atoms with van der Waals surface area (Å²) in [6.07, 6.45) is 11.5. The van der Waals surface area contributed by atoms with Gasteiger partial charge >= 0.3 is 5.97 Å². The first-order valence-electron chi connectivity index (χ1n) is 14.2. The van der Waals surface area contributed by atoms with Crippen molar-refractivity contribution in [1.82, 2.24) is 0 Å². The van der Waals surface area contributed by atoms with Crippen molar-refractivity contribution < 1.29 is 23.8 Å². The molecule has 198 valence electrons. The molecule has 0 aliphatic heterocycles. The van der Waals surface area contributed by atoms with Crippen LogP contribution in [0.5, 0.6) is 0 Å². The summed E-state index contributed by atoms with van der Waals surface area (Å²) >= 11 is 0. The van der Waals surface area contributed by atoms with Gasteiger partial charge in [0.05, 0.1) is 12.7 Å². The van der Waals surface area contributed by atoms with Crippen LogP contribution in [0, 0.1) is 46.3 Å². The molecule has 0 amide bonds. The Balaban J connectivity index is 1.54. The smallest absolute Gasteiger partial charge is 0.305 e. The molecule has 5 heteroatoms. The molecule has 5 nitrogen and oxygen atoms in total. The molecule has 35 heavy (non-hydrogen) atoms. The molecule has 1 unspecified atom stereocenters. The lowest BCUT2D eigenvalue weighted by Gasteiger charge is -2.61. The van der Waals surface area contributed by atoms with Gasteiger partial charge in [-0.05, 0) is 111 Å². The second-order valence-electron chi connectivity index (χ2n) is 12.4. The number of hydrogen-bond donors (Lipinski definition) is 0. The van der Waals surface area contributed by atoms with Crippen molar-refractivity contribution in [1.29, 1.82) is 0 Å². The zero-order valence-corrected chi connectivity index (χ0v) is 22.9. The summed E-state index contributed by atoms with van der Waals surface area (Å²) in [5, 5.41) is 0. The Labute approximate surface area is 212 Å². The highest BCUT2D eigenvalue weighted by Gasteiger charge is 2.64. The fourth-order valence-electron chi connectivity index (χ4n) is 9.25. The Morgan fingerprint density at radius 1 is 1.11 bits per heavy atom. The molecular formula is C30H48O5. The molecule has 4 rings (SSSR count). The van der Waals surface area contributed by atoms with Gasteiger partial charge in [0.2, 0.25) is 0 Å². The van der Waals surface area contributed by atoms with Crippen LogP contribution < -0.4 is 0 Å². The standard InChI is InChI=1S/C30H48O5/c1-7-21-25-17-20(35-18-33-6)13-15-30(25,5)24-14-16-29(4)22(10-11-23(29)27(24)28(21)32)19(3)9-12-26(31)34-8-2/h7,19-20,22-25,27H,8-18H2,1-6H3/t19?,20-,22-,23+,24+,25+,27+,29-,30-/m1/s1. The van der Waals surface area contributed by atoms with Crippen molar-refractivity contribution >= 4 is 11.8 Å². The van der Waals surface area contributed by atoms with E-state index in [2.05, 4.69) is 33.8 Å². The zero-order valence-electron chi connectivity index (χ0n) is 22.9. The summed E-state index contributed by atoms with van der Waals surface area (Å²) < 4.78 is 16.3. The van der Waals surface area contributed by atoms with Crippen molar-refractivity contribution in [3.8, 4) is 0 Å². The zero-order chi connectivity index (χ0) is 25.4. The van der Waals surface area contributed by atoms with E-state index in [9.17, 15) is 9.59 Å². The van der Waals surface area contributed by atoms with Crippen LogP contribution in [0.25, 0.3) is 0 Å². The van der Waals surface area contributed by atoms with Gasteiger partial charge < -0.3 is 14.2 Å². The lowest BCUT2D eigenvalue weighted by molar-refractivity contribution is -0.157. The third kappa shape index (κ3) is 4.65. The fraction of sp³-hybridized carbons (Fsp3) is 0.867. The number of Topliss-reactive ketones (excluding diaryl/α,β-unsaturated/α-hetero) is 1. The van der Waals surface area contributed by atoms with Gasteiger partial charge in [0.25, 0.3) is 0 Å². The molecule has 9 atom stereocenters. The van der Waals surface area contributed by atoms with E-state index in [1.807, 2.05) is 6.92 Å². The number of carbonyl (C=O) groups is 2. The molecule has 0 heterocycles. The predicted octanol–water partition coefficient (Wildman–Crippen LogP) is 6.35. The van der Waals surface area contributed by atoms with E-state index in [1.54, 1.807) is 7.11 Å². The van der Waals surface area contributed by atoms with Gasteiger partial charge in [-0.25, -0.2) is 0 Å². The number of ether oxygens (including phenoxy) is 3. The van der Waals surface area contributed by atoms with Crippen molar-refractivity contribution in [2.75, 3.05) is 20.5 Å². The van der Waals surface area contributed by atoms with Gasteiger partial charge in [0, 0.05) is 19.4 Å². The largest absolute Gasteiger partial charge is 0.466 e. The highest BCUT2D eigenvalue weighted by atomic mass is 16.7. The average Bonchev–Trinajstić information content (AvgIpc) is 3.19. The molecule has 0 spiro atoms. The van der Waals surface area contributed by atoms with Crippen molar-refractivity contribution in [2.45, 2.75) is 98.5 Å². The van der Waals surface area contributed by atoms with Gasteiger partial charge in [-0.3, -0.25) is 9.59 Å². The highest BCUT2D eigenvalue weighted by molar-refractivity contribution is 5.99. The third-order valence-electron chi connectivity index (χ3n) is 11.0. The molecule has 0 aromatic heterocycles. The molecule has 4 saturated carbocycles. The van der Waals surface area contributed by atoms with Crippen LogP contribution in [0.15, 0.2) is 11.6 Å². The van der Waals surface area contributed by atoms with Gasteiger partial charge in [0.15, 0.2) is 5.78 Å². The van der Waals surface area contributed by atoms with Crippen LogP contribution in [-0.2, 0) is 23.8 Å². The molecule has 0 saturated heterocycles. The fourth-order valence-corrected chi connectivity index (χ4v) is 9.25. The monoisotopic (exact) mass is 488 g/mol. The molecule has 0 N–H and O–H groups in total. The van der Waals surface area contributed by atoms with Crippen LogP contribution in [0.2, 0.25) is 0 Å². The van der Waals surface area contributed by atoms with Crippen LogP contribution in [0.4, 0.5) is 0 Å². The van der Waals surface area contributed by atoms with Crippen LogP contribution in [0.1, 0.15) is 92.4 Å². The van der Waals surface area contributed by atoms with E-state index in [-0.39, 0.29) is 28.8 Å². The summed E-state index contributed by atoms with van der Waals surface area (Å²) in [6, 6.07) is 0. The van der Waals surface area contributed by atoms with E-state index >= 15 is 0 Å². The molecule has 0 aromatic carbocycles. The second-order valence-corrected chi connectivity index (χ2v) is 12.4. The van der Waals surface area contributed by atoms with E-state index in [0.29, 0.717) is 55.2 Å². The van der Waals surface area contributed by atoms with E-state index in [0.717, 1.165) is 44.1 Å². The maximum atomic E-state index is 14.2. The van der Waals surface area contributed by atoms with Crippen LogP contribution in [-0.4, -0.2) is 38.4 Å². The summed E-state index contributed by atoms with van der Waals surface area (Å²) in [5.41, 5.74) is 1.43. The molecule has 4 aliphatic rings. The number of carbonyl (C=O) groups excluding carboxylic acids is 2. The topological polar surface area (TPSA) is 61.8 Å². The van der Waals surface area contributed by atoms with Gasteiger partial charge in [-0.1, -0.05) is 26.8 Å². The van der Waals surface area contributed by atoms with Crippen LogP contribution >= 0.6 is 0 Å². The van der Waals surface area contributed by atoms with E-state index < -0.39 is 0 Å². The molecule has 4 aliphatic carbocycles. The maximum Gasteiger partial charge on any atom is 0.305 e. The highest BCUT2D eigenvalue weighted by Crippen LogP contribution is 2.68. The Morgan fingerprint density at radius 3 is 2.51 bits per heavy atom. The maximum absolute atomic E-state index is 14.2. The quantitative estimate of drug-likeness (QED) is 0.226. The summed E-state index contributed by atoms with van der Waals surface area (Å²) in [6.45, 7) is 12.0. The number of fused-ring (bicyclic) bond motifs is 5. The molecule has 0 radical (unpaired) electrons. The average molecular weight is 489 g/mol. The van der Waals surface area contributed by atoms with Crippen LogP contribution in [0.3, 0.4) is 0 Å². The SMILES string of the molecule is CC=C1C(=O)[C@@H]2[C@H](CC[C@]3(C)[C@@H](C(C)CCC(=O)OCC)CC[C@@H]23)[C@@]2(C)CC[C@@H](OCOC)C[C@@H]12. The third-order valence-corrected chi connectivity index (χ3v) is 11.0. The number of methoxy groups -OCH3 is 1. The number of rotatable bonds is 8. The van der Waals surface area contributed by atoms with Gasteiger partial charge in [-0.15, -0.1) is 0 Å². The first kappa shape index (κ1) is 26.9. The number of ketones is 1. The van der Waals surface area contributed by atoms with Gasteiger partial charge in [-0.2, -0.15) is 0 Å². The minimum absolute atomic E-state index is 0.0769. The molecule has 0 bridgehead atoms. The molecular weight excluding hydrogens is 440 g/mol. The number of allylic oxidation sites excluding steroid dienone is 2. The Morgan fingerprint density at radius 2 is 1.83 bits per heavy atom. The predicted molar refractivity (Wildman–Crippen MR) is 137 cm³/mol. The van der Waals surface area contributed by atoms with Crippen molar-refractivity contribution in [3.63, 3.8) is 0 Å². The normalized spacial score (nSPS) is 42.8. The summed E-state index contributed by atoms with van der Waals surface area (Å²) in [7, 11) is 1.67. The van der Waals surface area contributed by atoms with E-state index in [1.165, 1.54) is 12.8 Å². The second kappa shape index (κ2) is 10.7. The summed E-state index contributed by atoms with van der Waals surface area (Å²) in [5.74, 6) is 2.78. The first-order chi connectivity index (χ1) is 16.7. The minimum atomic E-state index is -0.0769. The van der Waals surface area contributed by atoms with Gasteiger partial charge in [0.1, 0.15) is 6.79 Å². The Bertz CT molecular complexity index is 820. The number of hydrogen-bond acceptors (Lipinski definition) is 5. The Hall–Kier alpha value is -1.20. The Kier molecular flexibility index (Phi) is 8.17. The van der Waals surface area contributed by atoms with Crippen molar-refractivity contribution in [2.24, 2.45) is 46.3 Å². The van der Waals surface area contributed by atoms with Crippen molar-refractivity contribution in [3.05, 3.63) is 11.6 Å². The summed E-state index contributed by atoms with van der Waals surface area (Å²) in [4.78, 5) is 26.1. The lowest BCUT2D eigenvalue weighted by Crippen LogP contribution is -2.58. The number of esters is 1. The first-order valence-corrected chi connectivity index (χ1v) is 14.2. The minimum Gasteiger partial charge on any atom is -0.466 e.